The molecule has 0 radical (unpaired) electrons. The van der Waals surface area contributed by atoms with Crippen LogP contribution in [-0.2, 0) is 28.9 Å². The molecule has 2 aromatic carbocycles. The molecule has 1 unspecified atom stereocenters. The zero-order valence-corrected chi connectivity index (χ0v) is 18.8. The lowest BCUT2D eigenvalue weighted by atomic mass is 10.0. The van der Waals surface area contributed by atoms with Crippen molar-refractivity contribution in [2.45, 2.75) is 58.1 Å². The van der Waals surface area contributed by atoms with Crippen molar-refractivity contribution in [2.75, 3.05) is 11.4 Å². The normalized spacial score (nSPS) is 16.5. The maximum Gasteiger partial charge on any atom is 0.338 e. The summed E-state index contributed by atoms with van der Waals surface area (Å²) < 4.78 is 7.29. The van der Waals surface area contributed by atoms with E-state index in [1.165, 1.54) is 0 Å². The van der Waals surface area contributed by atoms with Crippen molar-refractivity contribution in [3.8, 4) is 0 Å². The number of hydrogen-bond acceptors (Lipinski definition) is 5. The Balaban J connectivity index is 1.37. The molecular formula is C26H27N3O4. The van der Waals surface area contributed by atoms with E-state index >= 15 is 0 Å². The van der Waals surface area contributed by atoms with Gasteiger partial charge < -0.3 is 9.64 Å². The third-order valence-electron chi connectivity index (χ3n) is 6.56. The molecule has 2 aliphatic heterocycles. The van der Waals surface area contributed by atoms with Crippen LogP contribution in [0.4, 0.5) is 5.69 Å². The van der Waals surface area contributed by atoms with Gasteiger partial charge in [-0.05, 0) is 62.4 Å². The average Bonchev–Trinajstić information content (AvgIpc) is 3.08. The first-order valence-electron chi connectivity index (χ1n) is 11.7. The first kappa shape index (κ1) is 21.4. The summed E-state index contributed by atoms with van der Waals surface area (Å²) in [7, 11) is 0. The van der Waals surface area contributed by atoms with Crippen LogP contribution in [0.25, 0.3) is 10.9 Å². The maximum absolute atomic E-state index is 13.1. The van der Waals surface area contributed by atoms with Gasteiger partial charge in [0.1, 0.15) is 5.82 Å². The highest BCUT2D eigenvalue weighted by molar-refractivity contribution is 6.00. The van der Waals surface area contributed by atoms with Crippen LogP contribution >= 0.6 is 0 Å². The molecule has 0 saturated carbocycles. The largest absolute Gasteiger partial charge is 0.449 e. The number of benzene rings is 2. The summed E-state index contributed by atoms with van der Waals surface area (Å²) >= 11 is 0. The van der Waals surface area contributed by atoms with Gasteiger partial charge in [-0.2, -0.15) is 0 Å². The number of carbonyl (C=O) groups excluding carboxylic acids is 2. The van der Waals surface area contributed by atoms with E-state index in [9.17, 15) is 14.4 Å². The number of para-hydroxylation sites is 1. The molecule has 0 aliphatic carbocycles. The summed E-state index contributed by atoms with van der Waals surface area (Å²) in [6, 6.07) is 12.6. The van der Waals surface area contributed by atoms with Gasteiger partial charge in [-0.3, -0.25) is 14.2 Å². The Labute approximate surface area is 192 Å². The van der Waals surface area contributed by atoms with Gasteiger partial charge in [0, 0.05) is 25.2 Å². The molecule has 1 amide bonds. The predicted molar refractivity (Wildman–Crippen MR) is 126 cm³/mol. The summed E-state index contributed by atoms with van der Waals surface area (Å²) in [4.78, 5) is 45.2. The summed E-state index contributed by atoms with van der Waals surface area (Å²) in [5, 5.41) is 0.492. The van der Waals surface area contributed by atoms with Gasteiger partial charge in [-0.25, -0.2) is 9.78 Å². The van der Waals surface area contributed by atoms with Gasteiger partial charge in [-0.1, -0.05) is 24.6 Å². The Bertz CT molecular complexity index is 1300. The highest BCUT2D eigenvalue weighted by Crippen LogP contribution is 2.27. The van der Waals surface area contributed by atoms with E-state index in [-0.39, 0.29) is 17.0 Å². The first-order chi connectivity index (χ1) is 16.0. The van der Waals surface area contributed by atoms with E-state index in [0.29, 0.717) is 24.0 Å². The van der Waals surface area contributed by atoms with E-state index in [2.05, 4.69) is 4.98 Å². The third-order valence-corrected chi connectivity index (χ3v) is 6.56. The Morgan fingerprint density at radius 2 is 1.85 bits per heavy atom. The van der Waals surface area contributed by atoms with Gasteiger partial charge in [0.15, 0.2) is 6.10 Å². The monoisotopic (exact) mass is 445 g/mol. The second-order valence-electron chi connectivity index (χ2n) is 8.80. The number of rotatable bonds is 3. The molecule has 7 heteroatoms. The van der Waals surface area contributed by atoms with Gasteiger partial charge >= 0.3 is 5.97 Å². The van der Waals surface area contributed by atoms with E-state index in [1.807, 2.05) is 24.3 Å². The number of nitrogens with zero attached hydrogens (tertiary/aromatic N) is 3. The Morgan fingerprint density at radius 1 is 1.00 bits per heavy atom. The molecule has 0 fully saturated rings. The molecule has 0 saturated heterocycles. The lowest BCUT2D eigenvalue weighted by Crippen LogP contribution is -2.42. The molecule has 3 aromatic rings. The first-order valence-corrected chi connectivity index (χ1v) is 11.7. The second-order valence-corrected chi connectivity index (χ2v) is 8.80. The van der Waals surface area contributed by atoms with Crippen molar-refractivity contribution in [3.63, 3.8) is 0 Å². The lowest BCUT2D eigenvalue weighted by Gasteiger charge is -2.31. The van der Waals surface area contributed by atoms with Crippen molar-refractivity contribution in [1.29, 1.82) is 0 Å². The number of anilines is 1. The van der Waals surface area contributed by atoms with Crippen LogP contribution in [0.5, 0.6) is 0 Å². The van der Waals surface area contributed by atoms with Crippen molar-refractivity contribution in [3.05, 3.63) is 69.8 Å². The van der Waals surface area contributed by atoms with Crippen LogP contribution < -0.4 is 10.5 Å². The smallest absolute Gasteiger partial charge is 0.338 e. The van der Waals surface area contributed by atoms with Gasteiger partial charge in [0.05, 0.1) is 16.5 Å². The minimum absolute atomic E-state index is 0.0656. The fraction of sp³-hybridized carbons (Fsp3) is 0.385. The molecule has 3 heterocycles. The summed E-state index contributed by atoms with van der Waals surface area (Å²) in [5.74, 6) is -0.0688. The van der Waals surface area contributed by atoms with Crippen LogP contribution in [0.2, 0.25) is 0 Å². The zero-order valence-electron chi connectivity index (χ0n) is 18.8. The number of esters is 1. The molecule has 0 bridgehead atoms. The van der Waals surface area contributed by atoms with Crippen LogP contribution in [0.15, 0.2) is 47.3 Å². The molecule has 2 aliphatic rings. The topological polar surface area (TPSA) is 81.5 Å². The Kier molecular flexibility index (Phi) is 5.70. The predicted octanol–water partition coefficient (Wildman–Crippen LogP) is 3.65. The zero-order chi connectivity index (χ0) is 22.9. The molecule has 1 atom stereocenters. The van der Waals surface area contributed by atoms with E-state index < -0.39 is 12.1 Å². The summed E-state index contributed by atoms with van der Waals surface area (Å²) in [6.07, 6.45) is 4.68. The van der Waals surface area contributed by atoms with E-state index in [0.717, 1.165) is 55.6 Å². The fourth-order valence-electron chi connectivity index (χ4n) is 4.81. The minimum Gasteiger partial charge on any atom is -0.449 e. The van der Waals surface area contributed by atoms with Crippen molar-refractivity contribution >= 4 is 28.5 Å². The highest BCUT2D eigenvalue weighted by atomic mass is 16.5. The van der Waals surface area contributed by atoms with Gasteiger partial charge in [-0.15, -0.1) is 0 Å². The maximum atomic E-state index is 13.1. The summed E-state index contributed by atoms with van der Waals surface area (Å²) in [6.45, 7) is 2.88. The quantitative estimate of drug-likeness (QED) is 0.575. The number of aromatic nitrogens is 2. The van der Waals surface area contributed by atoms with Crippen molar-refractivity contribution in [1.82, 2.24) is 9.55 Å². The van der Waals surface area contributed by atoms with Crippen molar-refractivity contribution in [2.24, 2.45) is 0 Å². The third kappa shape index (κ3) is 4.03. The minimum atomic E-state index is -0.926. The SMILES string of the molecule is CC(OC(=O)c1ccc2c(=O)n3c(nc2c1)CCCCC3)C(=O)N1CCCc2ccccc21. The number of carbonyl (C=O) groups is 2. The average molecular weight is 446 g/mol. The van der Waals surface area contributed by atoms with Crippen LogP contribution in [0.1, 0.15) is 54.4 Å². The summed E-state index contributed by atoms with van der Waals surface area (Å²) in [5.41, 5.74) is 2.72. The number of aryl methyl sites for hydroxylation is 2. The molecule has 5 rings (SSSR count). The van der Waals surface area contributed by atoms with Gasteiger partial charge in [0.25, 0.3) is 11.5 Å². The standard InChI is InChI=1S/C26H27N3O4/c1-17(24(30)28-15-7-9-18-8-4-5-10-22(18)28)33-26(32)19-12-13-20-21(16-19)27-23-11-3-2-6-14-29(23)25(20)31/h4-5,8,10,12-13,16-17H,2-3,6-7,9,11,14-15H2,1H3. The van der Waals surface area contributed by atoms with Crippen molar-refractivity contribution < 1.29 is 14.3 Å². The fourth-order valence-corrected chi connectivity index (χ4v) is 4.81. The molecule has 0 spiro atoms. The Morgan fingerprint density at radius 3 is 2.73 bits per heavy atom. The number of fused-ring (bicyclic) bond motifs is 3. The molecular weight excluding hydrogens is 418 g/mol. The van der Waals surface area contributed by atoms with Crippen LogP contribution in [0.3, 0.4) is 0 Å². The highest BCUT2D eigenvalue weighted by Gasteiger charge is 2.28. The van der Waals surface area contributed by atoms with Crippen LogP contribution in [0, 0.1) is 0 Å². The van der Waals surface area contributed by atoms with Crippen LogP contribution in [-0.4, -0.2) is 34.1 Å². The van der Waals surface area contributed by atoms with E-state index in [1.54, 1.807) is 34.6 Å². The number of ether oxygens (including phenoxy) is 1. The molecule has 33 heavy (non-hydrogen) atoms. The molecule has 7 nitrogen and oxygen atoms in total. The second kappa shape index (κ2) is 8.81. The van der Waals surface area contributed by atoms with E-state index in [4.69, 9.17) is 4.74 Å². The lowest BCUT2D eigenvalue weighted by molar-refractivity contribution is -0.126. The molecule has 170 valence electrons. The molecule has 1 aromatic heterocycles. The number of amides is 1. The van der Waals surface area contributed by atoms with Gasteiger partial charge in [0.2, 0.25) is 0 Å². The molecule has 0 N–H and O–H groups in total. The number of hydrogen-bond donors (Lipinski definition) is 0. The Hall–Kier alpha value is -3.48.